The Kier molecular flexibility index (Phi) is 8.33. The van der Waals surface area contributed by atoms with E-state index >= 15 is 0 Å². The predicted molar refractivity (Wildman–Crippen MR) is 98.9 cm³/mol. The molecular formula is C15H23Cl2N5S. The van der Waals surface area contributed by atoms with Crippen LogP contribution in [0.25, 0.3) is 0 Å². The first-order chi connectivity index (χ1) is 10.3. The van der Waals surface area contributed by atoms with Gasteiger partial charge in [0.05, 0.1) is 0 Å². The number of nitrogens with one attached hydrogen (secondary N) is 1. The molecule has 2 aromatic rings. The minimum Gasteiger partial charge on any atom is -0.316 e. The summed E-state index contributed by atoms with van der Waals surface area (Å²) >= 11 is 1.73. The molecule has 0 saturated carbocycles. The second-order valence-corrected chi connectivity index (χ2v) is 6.42. The van der Waals surface area contributed by atoms with Gasteiger partial charge in [-0.3, -0.25) is 4.98 Å². The number of nitrogens with zero attached hydrogens (tertiary/aromatic N) is 4. The summed E-state index contributed by atoms with van der Waals surface area (Å²) in [6.45, 7) is 4.18. The van der Waals surface area contributed by atoms with Crippen molar-refractivity contribution in [3.05, 3.63) is 35.4 Å². The van der Waals surface area contributed by atoms with Crippen molar-refractivity contribution < 1.29 is 0 Å². The molecule has 3 rings (SSSR count). The molecule has 1 aliphatic rings. The highest BCUT2D eigenvalue weighted by Crippen LogP contribution is 2.26. The van der Waals surface area contributed by atoms with Gasteiger partial charge in [-0.05, 0) is 37.9 Å². The minimum absolute atomic E-state index is 0. The molecule has 0 aromatic carbocycles. The number of piperidine rings is 1. The molecule has 1 atom stereocenters. The van der Waals surface area contributed by atoms with Gasteiger partial charge in [-0.15, -0.1) is 35.0 Å². The molecule has 1 fully saturated rings. The van der Waals surface area contributed by atoms with Crippen molar-refractivity contribution in [3.63, 3.8) is 0 Å². The van der Waals surface area contributed by atoms with E-state index in [0.29, 0.717) is 5.92 Å². The molecular weight excluding hydrogens is 353 g/mol. The van der Waals surface area contributed by atoms with Crippen LogP contribution in [0.3, 0.4) is 0 Å². The summed E-state index contributed by atoms with van der Waals surface area (Å²) in [7, 11) is 2.07. The summed E-state index contributed by atoms with van der Waals surface area (Å²) in [5, 5.41) is 13.2. The first-order valence-electron chi connectivity index (χ1n) is 7.39. The molecule has 0 aliphatic carbocycles. The van der Waals surface area contributed by atoms with Crippen LogP contribution in [0.15, 0.2) is 23.5 Å². The summed E-state index contributed by atoms with van der Waals surface area (Å²) in [6, 6.07) is 4.11. The van der Waals surface area contributed by atoms with E-state index < -0.39 is 0 Å². The Hall–Kier alpha value is -0.820. The number of hydrogen-bond donors (Lipinski definition) is 1. The maximum atomic E-state index is 4.41. The minimum atomic E-state index is 0. The monoisotopic (exact) mass is 375 g/mol. The zero-order valence-electron chi connectivity index (χ0n) is 13.4. The number of aryl methyl sites for hydroxylation is 1. The molecule has 1 aliphatic heterocycles. The Labute approximate surface area is 153 Å². The normalized spacial score (nSPS) is 17.2. The summed E-state index contributed by atoms with van der Waals surface area (Å²) in [5.74, 6) is 2.48. The van der Waals surface area contributed by atoms with Crippen LogP contribution in [0.2, 0.25) is 0 Å². The summed E-state index contributed by atoms with van der Waals surface area (Å²) in [4.78, 5) is 4.33. The molecule has 0 radical (unpaired) electrons. The molecule has 3 heterocycles. The van der Waals surface area contributed by atoms with Crippen LogP contribution in [0.1, 0.15) is 35.8 Å². The van der Waals surface area contributed by atoms with Crippen molar-refractivity contribution in [2.24, 2.45) is 7.05 Å². The van der Waals surface area contributed by atoms with Crippen molar-refractivity contribution in [3.8, 4) is 0 Å². The van der Waals surface area contributed by atoms with Crippen LogP contribution in [0, 0.1) is 6.92 Å². The number of thioether (sulfide) groups is 1. The van der Waals surface area contributed by atoms with Crippen molar-refractivity contribution in [1.29, 1.82) is 0 Å². The standard InChI is InChI=1S/C15H21N5S.2ClH/c1-11-13(6-4-8-17-11)10-21-15-19-18-14(20(15)2)12-5-3-7-16-9-12;;/h4,6,8,12,16H,3,5,7,9-10H2,1-2H3;2*1H. The van der Waals surface area contributed by atoms with Gasteiger partial charge in [0.25, 0.3) is 0 Å². The van der Waals surface area contributed by atoms with Crippen LogP contribution < -0.4 is 5.32 Å². The van der Waals surface area contributed by atoms with E-state index in [1.165, 1.54) is 18.4 Å². The second-order valence-electron chi connectivity index (χ2n) is 5.48. The van der Waals surface area contributed by atoms with E-state index in [1.54, 1.807) is 11.8 Å². The fourth-order valence-electron chi connectivity index (χ4n) is 2.69. The summed E-state index contributed by atoms with van der Waals surface area (Å²) < 4.78 is 2.15. The van der Waals surface area contributed by atoms with Gasteiger partial charge >= 0.3 is 0 Å². The zero-order chi connectivity index (χ0) is 14.7. The van der Waals surface area contributed by atoms with Crippen LogP contribution in [0.5, 0.6) is 0 Å². The van der Waals surface area contributed by atoms with Gasteiger partial charge < -0.3 is 9.88 Å². The first-order valence-corrected chi connectivity index (χ1v) is 8.37. The van der Waals surface area contributed by atoms with Crippen LogP contribution in [-0.2, 0) is 12.8 Å². The van der Waals surface area contributed by atoms with Crippen molar-refractivity contribution >= 4 is 36.6 Å². The highest BCUT2D eigenvalue weighted by atomic mass is 35.5. The largest absolute Gasteiger partial charge is 0.316 e. The third-order valence-electron chi connectivity index (χ3n) is 4.00. The number of hydrogen-bond acceptors (Lipinski definition) is 5. The van der Waals surface area contributed by atoms with Crippen LogP contribution >= 0.6 is 36.6 Å². The SMILES string of the molecule is Cc1ncccc1CSc1nnc(C2CCCNC2)n1C.Cl.Cl. The van der Waals surface area contributed by atoms with Gasteiger partial charge in [0.2, 0.25) is 0 Å². The lowest BCUT2D eigenvalue weighted by Gasteiger charge is -2.21. The van der Waals surface area contributed by atoms with Gasteiger partial charge in [0.15, 0.2) is 5.16 Å². The van der Waals surface area contributed by atoms with E-state index in [4.69, 9.17) is 0 Å². The lowest BCUT2D eigenvalue weighted by atomic mass is 9.99. The topological polar surface area (TPSA) is 55.6 Å². The lowest BCUT2D eigenvalue weighted by molar-refractivity contribution is 0.436. The fourth-order valence-corrected chi connectivity index (χ4v) is 3.67. The Balaban J connectivity index is 0.00000132. The Morgan fingerprint density at radius 2 is 2.17 bits per heavy atom. The van der Waals surface area contributed by atoms with Crippen molar-refractivity contribution in [1.82, 2.24) is 25.1 Å². The molecule has 2 aromatic heterocycles. The Bertz CT molecular complexity index is 614. The molecule has 0 bridgehead atoms. The molecule has 23 heavy (non-hydrogen) atoms. The summed E-state index contributed by atoms with van der Waals surface area (Å²) in [6.07, 6.45) is 4.25. The number of halogens is 2. The molecule has 0 spiro atoms. The maximum absolute atomic E-state index is 4.41. The first kappa shape index (κ1) is 20.2. The van der Waals surface area contributed by atoms with Gasteiger partial charge in [-0.1, -0.05) is 17.8 Å². The van der Waals surface area contributed by atoms with Crippen LogP contribution in [-0.4, -0.2) is 32.8 Å². The predicted octanol–water partition coefficient (Wildman–Crippen LogP) is 3.12. The van der Waals surface area contributed by atoms with E-state index in [0.717, 1.165) is 35.5 Å². The maximum Gasteiger partial charge on any atom is 0.191 e. The van der Waals surface area contributed by atoms with E-state index in [2.05, 4.69) is 38.2 Å². The molecule has 1 N–H and O–H groups in total. The average Bonchev–Trinajstić information content (AvgIpc) is 2.88. The number of aromatic nitrogens is 4. The number of pyridine rings is 1. The molecule has 0 amide bonds. The summed E-state index contributed by atoms with van der Waals surface area (Å²) in [5.41, 5.74) is 2.34. The quantitative estimate of drug-likeness (QED) is 0.831. The van der Waals surface area contributed by atoms with E-state index in [1.807, 2.05) is 19.2 Å². The third-order valence-corrected chi connectivity index (χ3v) is 5.07. The molecule has 128 valence electrons. The zero-order valence-corrected chi connectivity index (χ0v) is 15.8. The third kappa shape index (κ3) is 4.83. The van der Waals surface area contributed by atoms with Gasteiger partial charge in [0.1, 0.15) is 5.82 Å². The molecule has 1 saturated heterocycles. The van der Waals surface area contributed by atoms with Gasteiger partial charge in [-0.2, -0.15) is 0 Å². The van der Waals surface area contributed by atoms with Crippen molar-refractivity contribution in [2.45, 2.75) is 36.6 Å². The average molecular weight is 376 g/mol. The Morgan fingerprint density at radius 3 is 2.87 bits per heavy atom. The van der Waals surface area contributed by atoms with E-state index in [-0.39, 0.29) is 24.8 Å². The Morgan fingerprint density at radius 1 is 1.35 bits per heavy atom. The molecule has 1 unspecified atom stereocenters. The highest BCUT2D eigenvalue weighted by molar-refractivity contribution is 7.98. The van der Waals surface area contributed by atoms with Gasteiger partial charge in [0, 0.05) is 37.2 Å². The lowest BCUT2D eigenvalue weighted by Crippen LogP contribution is -2.29. The molecule has 8 heteroatoms. The second kappa shape index (κ2) is 9.47. The van der Waals surface area contributed by atoms with Crippen LogP contribution in [0.4, 0.5) is 0 Å². The van der Waals surface area contributed by atoms with Crippen molar-refractivity contribution in [2.75, 3.05) is 13.1 Å². The molecule has 5 nitrogen and oxygen atoms in total. The highest BCUT2D eigenvalue weighted by Gasteiger charge is 2.21. The fraction of sp³-hybridized carbons (Fsp3) is 0.533. The number of rotatable bonds is 4. The van der Waals surface area contributed by atoms with Gasteiger partial charge in [-0.25, -0.2) is 0 Å². The van der Waals surface area contributed by atoms with E-state index in [9.17, 15) is 0 Å². The smallest absolute Gasteiger partial charge is 0.191 e.